The van der Waals surface area contributed by atoms with Crippen molar-refractivity contribution in [3.8, 4) is 0 Å². The van der Waals surface area contributed by atoms with E-state index in [0.29, 0.717) is 0 Å². The summed E-state index contributed by atoms with van der Waals surface area (Å²) < 4.78 is 0. The van der Waals surface area contributed by atoms with E-state index in [9.17, 15) is 0 Å². The standard InChI is InChI=1S/C7H16ClNSi/c1-4-9(5-2)7(8)6(3)10/h7H,3-5H2,1-2,10H3. The van der Waals surface area contributed by atoms with E-state index in [1.54, 1.807) is 0 Å². The van der Waals surface area contributed by atoms with Gasteiger partial charge in [-0.2, -0.15) is 0 Å². The molecule has 0 aromatic carbocycles. The summed E-state index contributed by atoms with van der Waals surface area (Å²) in [6.45, 7) is 10.1. The van der Waals surface area contributed by atoms with Crippen molar-refractivity contribution < 1.29 is 0 Å². The number of likely N-dealkylation sites (N-methyl/N-ethyl adjacent to an activating group) is 1. The molecule has 3 heteroatoms. The minimum atomic E-state index is 0.0710. The predicted octanol–water partition coefficient (Wildman–Crippen LogP) is 0.772. The van der Waals surface area contributed by atoms with Gasteiger partial charge in [-0.05, 0) is 13.1 Å². The summed E-state index contributed by atoms with van der Waals surface area (Å²) in [5.41, 5.74) is 0.0710. The smallest absolute Gasteiger partial charge is 0.102 e. The molecule has 0 aliphatic carbocycles. The van der Waals surface area contributed by atoms with E-state index in [2.05, 4.69) is 25.3 Å². The van der Waals surface area contributed by atoms with E-state index in [4.69, 9.17) is 11.6 Å². The van der Waals surface area contributed by atoms with Gasteiger partial charge in [0, 0.05) is 10.2 Å². The van der Waals surface area contributed by atoms with Crippen LogP contribution in [0.3, 0.4) is 0 Å². The maximum absolute atomic E-state index is 6.04. The molecule has 0 spiro atoms. The molecule has 0 saturated carbocycles. The van der Waals surface area contributed by atoms with Crippen LogP contribution in [0.4, 0.5) is 0 Å². The third-order valence-corrected chi connectivity index (χ3v) is 3.10. The van der Waals surface area contributed by atoms with Crippen molar-refractivity contribution in [3.63, 3.8) is 0 Å². The summed E-state index contributed by atoms with van der Waals surface area (Å²) in [5.74, 6) is 0. The number of nitrogens with zero attached hydrogens (tertiary/aromatic N) is 1. The molecule has 0 amide bonds. The SMILES string of the molecule is C=C([SiH3])C(Cl)N(CC)CC. The Labute approximate surface area is 71.5 Å². The second-order valence-corrected chi connectivity index (χ2v) is 4.10. The zero-order chi connectivity index (χ0) is 8.15. The fourth-order valence-corrected chi connectivity index (χ4v) is 1.50. The second-order valence-electron chi connectivity index (χ2n) is 2.40. The van der Waals surface area contributed by atoms with Crippen LogP contribution in [-0.2, 0) is 0 Å². The molecule has 0 aromatic heterocycles. The van der Waals surface area contributed by atoms with E-state index in [-0.39, 0.29) is 5.50 Å². The van der Waals surface area contributed by atoms with Gasteiger partial charge < -0.3 is 0 Å². The molecule has 0 heterocycles. The van der Waals surface area contributed by atoms with E-state index < -0.39 is 0 Å². The zero-order valence-corrected chi connectivity index (χ0v) is 9.78. The van der Waals surface area contributed by atoms with Gasteiger partial charge in [0.1, 0.15) is 5.50 Å². The van der Waals surface area contributed by atoms with Crippen LogP contribution in [0.2, 0.25) is 0 Å². The first-order chi connectivity index (χ1) is 4.63. The Bertz CT molecular complexity index is 112. The Balaban J connectivity index is 3.88. The van der Waals surface area contributed by atoms with E-state index in [0.717, 1.165) is 28.5 Å². The van der Waals surface area contributed by atoms with Gasteiger partial charge in [-0.3, -0.25) is 4.90 Å². The summed E-state index contributed by atoms with van der Waals surface area (Å²) in [6, 6.07) is 0. The lowest BCUT2D eigenvalue weighted by Crippen LogP contribution is -2.32. The summed E-state index contributed by atoms with van der Waals surface area (Å²) in [4.78, 5) is 2.19. The summed E-state index contributed by atoms with van der Waals surface area (Å²) in [7, 11) is 0.992. The van der Waals surface area contributed by atoms with E-state index in [1.165, 1.54) is 0 Å². The van der Waals surface area contributed by atoms with Crippen molar-refractivity contribution in [1.29, 1.82) is 0 Å². The van der Waals surface area contributed by atoms with Crippen LogP contribution in [0.25, 0.3) is 0 Å². The van der Waals surface area contributed by atoms with Crippen molar-refractivity contribution >= 4 is 21.8 Å². The van der Waals surface area contributed by atoms with Crippen molar-refractivity contribution in [3.05, 3.63) is 11.8 Å². The van der Waals surface area contributed by atoms with Crippen molar-refractivity contribution in [2.45, 2.75) is 19.3 Å². The average Bonchev–Trinajstić information content (AvgIpc) is 1.90. The lowest BCUT2D eigenvalue weighted by Gasteiger charge is -2.24. The first-order valence-corrected chi connectivity index (χ1v) is 5.10. The molecule has 0 aliphatic heterocycles. The molecule has 1 nitrogen and oxygen atoms in total. The van der Waals surface area contributed by atoms with Gasteiger partial charge >= 0.3 is 0 Å². The second kappa shape index (κ2) is 4.94. The number of hydrogen-bond donors (Lipinski definition) is 0. The molecule has 0 aliphatic rings. The lowest BCUT2D eigenvalue weighted by molar-refractivity contribution is 0.308. The fourth-order valence-electron chi connectivity index (χ4n) is 0.856. The third kappa shape index (κ3) is 2.86. The molecule has 0 radical (unpaired) electrons. The van der Waals surface area contributed by atoms with Gasteiger partial charge in [-0.25, -0.2) is 0 Å². The predicted molar refractivity (Wildman–Crippen MR) is 51.6 cm³/mol. The Kier molecular flexibility index (Phi) is 5.04. The Morgan fingerprint density at radius 1 is 1.60 bits per heavy atom. The highest BCUT2D eigenvalue weighted by atomic mass is 35.5. The fraction of sp³-hybridized carbons (Fsp3) is 0.714. The number of halogens is 1. The topological polar surface area (TPSA) is 3.24 Å². The van der Waals surface area contributed by atoms with Crippen LogP contribution in [0.5, 0.6) is 0 Å². The van der Waals surface area contributed by atoms with E-state index >= 15 is 0 Å². The largest absolute Gasteiger partial charge is 0.285 e. The minimum absolute atomic E-state index is 0.0710. The van der Waals surface area contributed by atoms with Crippen molar-refractivity contribution in [1.82, 2.24) is 4.90 Å². The molecule has 0 N–H and O–H groups in total. The van der Waals surface area contributed by atoms with Gasteiger partial charge in [-0.1, -0.05) is 19.0 Å². The molecule has 60 valence electrons. The quantitative estimate of drug-likeness (QED) is 0.349. The first-order valence-electron chi connectivity index (χ1n) is 3.67. The van der Waals surface area contributed by atoms with Gasteiger partial charge in [0.05, 0.1) is 0 Å². The van der Waals surface area contributed by atoms with Crippen molar-refractivity contribution in [2.75, 3.05) is 13.1 Å². The molecule has 0 bridgehead atoms. The van der Waals surface area contributed by atoms with Gasteiger partial charge in [0.25, 0.3) is 0 Å². The lowest BCUT2D eigenvalue weighted by atomic mass is 10.4. The molecule has 0 rings (SSSR count). The normalized spacial score (nSPS) is 14.0. The average molecular weight is 178 g/mol. The molecule has 0 saturated heterocycles. The third-order valence-electron chi connectivity index (χ3n) is 1.54. The Morgan fingerprint density at radius 3 is 2.10 bits per heavy atom. The first kappa shape index (κ1) is 10.2. The highest BCUT2D eigenvalue weighted by Gasteiger charge is 2.11. The zero-order valence-electron chi connectivity index (χ0n) is 7.02. The van der Waals surface area contributed by atoms with Crippen LogP contribution in [0.15, 0.2) is 11.8 Å². The molecular formula is C7H16ClNSi. The van der Waals surface area contributed by atoms with Crippen LogP contribution >= 0.6 is 11.6 Å². The molecule has 1 unspecified atom stereocenters. The van der Waals surface area contributed by atoms with Crippen LogP contribution in [-0.4, -0.2) is 33.7 Å². The Morgan fingerprint density at radius 2 is 2.00 bits per heavy atom. The minimum Gasteiger partial charge on any atom is -0.285 e. The molecule has 0 aromatic rings. The summed E-state index contributed by atoms with van der Waals surface area (Å²) in [5, 5.41) is 1.16. The van der Waals surface area contributed by atoms with Gasteiger partial charge in [0.2, 0.25) is 0 Å². The number of rotatable bonds is 4. The van der Waals surface area contributed by atoms with Crippen LogP contribution in [0.1, 0.15) is 13.8 Å². The number of hydrogen-bond acceptors (Lipinski definition) is 1. The van der Waals surface area contributed by atoms with Gasteiger partial charge in [0.15, 0.2) is 0 Å². The monoisotopic (exact) mass is 177 g/mol. The Hall–Kier alpha value is 0.207. The molecule has 10 heavy (non-hydrogen) atoms. The van der Waals surface area contributed by atoms with Crippen molar-refractivity contribution in [2.24, 2.45) is 0 Å². The molecule has 0 fully saturated rings. The summed E-state index contributed by atoms with van der Waals surface area (Å²) in [6.07, 6.45) is 0. The summed E-state index contributed by atoms with van der Waals surface area (Å²) >= 11 is 6.04. The maximum atomic E-state index is 6.04. The van der Waals surface area contributed by atoms with Gasteiger partial charge in [-0.15, -0.1) is 18.2 Å². The highest BCUT2D eigenvalue weighted by Crippen LogP contribution is 2.09. The van der Waals surface area contributed by atoms with E-state index in [1.807, 2.05) is 0 Å². The highest BCUT2D eigenvalue weighted by molar-refractivity contribution is 6.32. The van der Waals surface area contributed by atoms with Crippen LogP contribution in [0, 0.1) is 0 Å². The number of alkyl halides is 1. The molecule has 1 atom stereocenters. The molecular weight excluding hydrogens is 162 g/mol. The maximum Gasteiger partial charge on any atom is 0.102 e. The van der Waals surface area contributed by atoms with Crippen LogP contribution < -0.4 is 0 Å².